The van der Waals surface area contributed by atoms with Crippen molar-refractivity contribution in [1.82, 2.24) is 0 Å². The van der Waals surface area contributed by atoms with Gasteiger partial charge in [0, 0.05) is 25.7 Å². The van der Waals surface area contributed by atoms with Gasteiger partial charge in [0.25, 0.3) is 0 Å². The number of ether oxygens (including phenoxy) is 4. The third-order valence-electron chi connectivity index (χ3n) is 15.7. The van der Waals surface area contributed by atoms with Crippen molar-refractivity contribution < 1.29 is 80.2 Å². The summed E-state index contributed by atoms with van der Waals surface area (Å²) in [6.45, 7) is 14.0. The van der Waals surface area contributed by atoms with Crippen LogP contribution < -0.4 is 0 Å². The number of hydrogen-bond donors (Lipinski definition) is 3. The highest BCUT2D eigenvalue weighted by molar-refractivity contribution is 7.47. The SMILES string of the molecule is CCC(C)CCCCCCCCCCC(=O)OC[C@H](COP(=O)(O)OC[C@@H](O)COP(=O)(O)OC[C@@H](COC(=O)CCCCCCCCC(C)C)OC(=O)CCCCCCCCCCCC(C)C)OC(=O)CCCCCCCCCCCCC(C)C. The molecule has 6 atom stereocenters. The summed E-state index contributed by atoms with van der Waals surface area (Å²) in [6.07, 6.45) is 37.6. The highest BCUT2D eigenvalue weighted by atomic mass is 31.2. The fourth-order valence-electron chi connectivity index (χ4n) is 9.93. The van der Waals surface area contributed by atoms with E-state index in [-0.39, 0.29) is 25.7 Å². The van der Waals surface area contributed by atoms with E-state index in [0.717, 1.165) is 114 Å². The number of phosphoric acid groups is 2. The quantitative estimate of drug-likeness (QED) is 0.0222. The first kappa shape index (κ1) is 84.1. The molecule has 3 N–H and O–H groups in total. The van der Waals surface area contributed by atoms with Crippen molar-refractivity contribution in [3.8, 4) is 0 Å². The van der Waals surface area contributed by atoms with Gasteiger partial charge in [0.1, 0.15) is 19.3 Å². The molecule has 0 aromatic carbocycles. The van der Waals surface area contributed by atoms with Crippen LogP contribution in [0.2, 0.25) is 0 Å². The zero-order valence-corrected chi connectivity index (χ0v) is 57.7. The summed E-state index contributed by atoms with van der Waals surface area (Å²) in [4.78, 5) is 72.4. The second-order valence-corrected chi connectivity index (χ2v) is 28.8. The molecule has 0 aromatic rings. The summed E-state index contributed by atoms with van der Waals surface area (Å²) >= 11 is 0. The van der Waals surface area contributed by atoms with Crippen molar-refractivity contribution in [2.24, 2.45) is 23.7 Å². The van der Waals surface area contributed by atoms with Gasteiger partial charge in [-0.2, -0.15) is 0 Å². The van der Waals surface area contributed by atoms with E-state index in [2.05, 4.69) is 55.4 Å². The summed E-state index contributed by atoms with van der Waals surface area (Å²) in [5, 5.41) is 10.6. The van der Waals surface area contributed by atoms with E-state index in [1.807, 2.05) is 0 Å². The lowest BCUT2D eigenvalue weighted by Crippen LogP contribution is -2.30. The van der Waals surface area contributed by atoms with Crippen LogP contribution in [0.1, 0.15) is 325 Å². The average Bonchev–Trinajstić information content (AvgIpc) is 3.68. The van der Waals surface area contributed by atoms with Gasteiger partial charge >= 0.3 is 39.5 Å². The number of rotatable bonds is 64. The molecule has 0 bridgehead atoms. The molecule has 0 saturated carbocycles. The van der Waals surface area contributed by atoms with Gasteiger partial charge in [-0.25, -0.2) is 9.13 Å². The maximum atomic E-state index is 13.0. The second-order valence-electron chi connectivity index (χ2n) is 25.9. The van der Waals surface area contributed by atoms with E-state index in [9.17, 15) is 43.2 Å². The minimum Gasteiger partial charge on any atom is -0.462 e. The van der Waals surface area contributed by atoms with Crippen LogP contribution in [0.4, 0.5) is 0 Å². The predicted octanol–water partition coefficient (Wildman–Crippen LogP) is 18.5. The van der Waals surface area contributed by atoms with Gasteiger partial charge in [0.05, 0.1) is 26.4 Å². The second kappa shape index (κ2) is 57.0. The summed E-state index contributed by atoms with van der Waals surface area (Å²) in [5.41, 5.74) is 0. The first-order valence-electron chi connectivity index (χ1n) is 34.7. The molecule has 0 aliphatic rings. The highest BCUT2D eigenvalue weighted by Crippen LogP contribution is 2.45. The lowest BCUT2D eigenvalue weighted by molar-refractivity contribution is -0.161. The molecule has 0 fully saturated rings. The van der Waals surface area contributed by atoms with E-state index < -0.39 is 97.5 Å². The molecule has 17 nitrogen and oxygen atoms in total. The predicted molar refractivity (Wildman–Crippen MR) is 344 cm³/mol. The van der Waals surface area contributed by atoms with Crippen LogP contribution in [0.3, 0.4) is 0 Å². The molecule has 0 heterocycles. The van der Waals surface area contributed by atoms with Gasteiger partial charge in [0.2, 0.25) is 0 Å². The van der Waals surface area contributed by atoms with Crippen molar-refractivity contribution in [2.75, 3.05) is 39.6 Å². The molecular formula is C67H130O17P2. The molecule has 0 spiro atoms. The van der Waals surface area contributed by atoms with Crippen LogP contribution in [-0.2, 0) is 65.4 Å². The van der Waals surface area contributed by atoms with Gasteiger partial charge in [-0.3, -0.25) is 37.3 Å². The number of carbonyl (C=O) groups is 4. The van der Waals surface area contributed by atoms with Crippen molar-refractivity contribution in [2.45, 2.75) is 343 Å². The molecule has 86 heavy (non-hydrogen) atoms. The van der Waals surface area contributed by atoms with Crippen LogP contribution in [0.15, 0.2) is 0 Å². The molecule has 0 aromatic heterocycles. The Balaban J connectivity index is 5.26. The molecule has 19 heteroatoms. The van der Waals surface area contributed by atoms with Crippen molar-refractivity contribution in [1.29, 1.82) is 0 Å². The fourth-order valence-corrected chi connectivity index (χ4v) is 11.5. The van der Waals surface area contributed by atoms with Gasteiger partial charge in [-0.1, -0.05) is 274 Å². The van der Waals surface area contributed by atoms with E-state index in [1.54, 1.807) is 0 Å². The molecule has 0 saturated heterocycles. The van der Waals surface area contributed by atoms with Gasteiger partial charge in [-0.15, -0.1) is 0 Å². The molecule has 0 rings (SSSR count). The number of phosphoric ester groups is 2. The lowest BCUT2D eigenvalue weighted by atomic mass is 9.99. The van der Waals surface area contributed by atoms with Crippen molar-refractivity contribution in [3.63, 3.8) is 0 Å². The summed E-state index contributed by atoms with van der Waals surface area (Å²) in [7, 11) is -9.90. The normalized spacial score (nSPS) is 14.7. The molecule has 3 unspecified atom stereocenters. The molecule has 510 valence electrons. The Morgan fingerprint density at radius 1 is 0.326 bits per heavy atom. The van der Waals surface area contributed by atoms with E-state index in [4.69, 9.17) is 37.0 Å². The van der Waals surface area contributed by atoms with Crippen LogP contribution >= 0.6 is 15.6 Å². The molecule has 0 amide bonds. The molecular weight excluding hydrogens is 1140 g/mol. The smallest absolute Gasteiger partial charge is 0.462 e. The number of hydrogen-bond acceptors (Lipinski definition) is 15. The number of esters is 4. The zero-order chi connectivity index (χ0) is 63.9. The van der Waals surface area contributed by atoms with Crippen LogP contribution in [0, 0.1) is 23.7 Å². The van der Waals surface area contributed by atoms with Gasteiger partial charge in [-0.05, 0) is 49.4 Å². The first-order valence-corrected chi connectivity index (χ1v) is 37.7. The number of carbonyl (C=O) groups excluding carboxylic acids is 4. The van der Waals surface area contributed by atoms with Gasteiger partial charge < -0.3 is 33.8 Å². The summed E-state index contributed by atoms with van der Waals surface area (Å²) in [5.74, 6) is 0.809. The van der Waals surface area contributed by atoms with Crippen LogP contribution in [-0.4, -0.2) is 96.7 Å². The number of aliphatic hydroxyl groups excluding tert-OH is 1. The van der Waals surface area contributed by atoms with E-state index in [1.165, 1.54) is 122 Å². The van der Waals surface area contributed by atoms with Crippen LogP contribution in [0.5, 0.6) is 0 Å². The number of unbranched alkanes of at least 4 members (excludes halogenated alkanes) is 29. The maximum absolute atomic E-state index is 13.0. The van der Waals surface area contributed by atoms with Gasteiger partial charge in [0.15, 0.2) is 12.2 Å². The minimum atomic E-state index is -4.95. The third kappa shape index (κ3) is 59.7. The Kier molecular flexibility index (Phi) is 55.7. The fraction of sp³-hybridized carbons (Fsp3) is 0.940. The number of aliphatic hydroxyl groups is 1. The third-order valence-corrected chi connectivity index (χ3v) is 17.6. The first-order chi connectivity index (χ1) is 41.1. The van der Waals surface area contributed by atoms with Crippen LogP contribution in [0.25, 0.3) is 0 Å². The Labute approximate surface area is 524 Å². The lowest BCUT2D eigenvalue weighted by Gasteiger charge is -2.21. The largest absolute Gasteiger partial charge is 0.472 e. The Bertz CT molecular complexity index is 1720. The Hall–Kier alpha value is -1.94. The van der Waals surface area contributed by atoms with E-state index >= 15 is 0 Å². The topological polar surface area (TPSA) is 237 Å². The molecule has 0 radical (unpaired) electrons. The monoisotopic (exact) mass is 1270 g/mol. The molecule has 0 aliphatic carbocycles. The molecule has 0 aliphatic heterocycles. The van der Waals surface area contributed by atoms with Crippen molar-refractivity contribution in [3.05, 3.63) is 0 Å². The van der Waals surface area contributed by atoms with E-state index in [0.29, 0.717) is 31.6 Å². The highest BCUT2D eigenvalue weighted by Gasteiger charge is 2.30. The standard InChI is InChI=1S/C67H130O17P2/c1-9-60(8)46-38-30-21-17-18-22-31-39-47-64(69)77-53-62(83-66(71)49-41-33-23-15-11-10-13-19-27-35-43-57(2)3)55-81-85(73,74)79-51-61(68)52-80-86(75,76)82-56-63(54-78-65(70)48-40-32-26-25-29-37-45-59(6)7)84-67(72)50-42-34-24-16-12-14-20-28-36-44-58(4)5/h57-63,68H,9-56H2,1-8H3,(H,73,74)(H,75,76)/t60?,61-,62-,63-/m1/s1. The average molecular weight is 1270 g/mol. The zero-order valence-electron chi connectivity index (χ0n) is 55.9. The maximum Gasteiger partial charge on any atom is 0.472 e. The van der Waals surface area contributed by atoms with Crippen molar-refractivity contribution >= 4 is 39.5 Å². The Morgan fingerprint density at radius 3 is 0.826 bits per heavy atom. The summed E-state index contributed by atoms with van der Waals surface area (Å²) < 4.78 is 68.1. The minimum absolute atomic E-state index is 0.104. The summed E-state index contributed by atoms with van der Waals surface area (Å²) in [6, 6.07) is 0. The Morgan fingerprint density at radius 2 is 0.558 bits per heavy atom.